The van der Waals surface area contributed by atoms with E-state index < -0.39 is 6.04 Å². The minimum absolute atomic E-state index is 0.266. The molecule has 0 bridgehead atoms. The van der Waals surface area contributed by atoms with Crippen LogP contribution in [0.3, 0.4) is 0 Å². The van der Waals surface area contributed by atoms with Crippen LogP contribution in [0.5, 0.6) is 0 Å². The fraction of sp³-hybridized carbons (Fsp3) is 0.0714. The molecule has 0 aliphatic rings. The second-order valence-corrected chi connectivity index (χ2v) is 5.38. The smallest absolute Gasteiger partial charge is 0.320 e. The van der Waals surface area contributed by atoms with E-state index in [1.165, 1.54) is 12.1 Å². The number of fused-ring (bicyclic) bond motifs is 1. The number of hydrogen-bond acceptors (Lipinski definition) is 2. The summed E-state index contributed by atoms with van der Waals surface area (Å²) in [6.07, 6.45) is 0. The maximum Gasteiger partial charge on any atom is 0.323 e. The number of halogens is 2. The third kappa shape index (κ3) is 2.28. The number of nitrogens with one attached hydrogen (secondary N) is 2. The second-order valence-electron chi connectivity index (χ2n) is 4.53. The van der Waals surface area contributed by atoms with E-state index in [4.69, 9.17) is 5.73 Å². The molecule has 4 N–H and O–H groups in total. The average Bonchev–Trinajstić information content (AvgIpc) is 2.79. The Kier molecular flexibility index (Phi) is 3.19. The highest BCUT2D eigenvalue weighted by Gasteiger charge is 2.14. The van der Waals surface area contributed by atoms with E-state index in [1.54, 1.807) is 18.2 Å². The fourth-order valence-corrected chi connectivity index (χ4v) is 2.67. The number of H-pyrrole nitrogens is 2. The lowest BCUT2D eigenvalue weighted by atomic mass is 9.99. The van der Waals surface area contributed by atoms with Gasteiger partial charge in [-0.05, 0) is 41.5 Å². The second kappa shape index (κ2) is 4.88. The molecule has 1 heterocycles. The molecule has 0 fully saturated rings. The Bertz CT molecular complexity index is 840. The zero-order valence-electron chi connectivity index (χ0n) is 10.3. The summed E-state index contributed by atoms with van der Waals surface area (Å²) in [4.78, 5) is 16.6. The summed E-state index contributed by atoms with van der Waals surface area (Å²) in [5.74, 6) is -0.338. The normalized spacial score (nSPS) is 12.8. The molecule has 102 valence electrons. The van der Waals surface area contributed by atoms with Gasteiger partial charge in [0, 0.05) is 4.47 Å². The van der Waals surface area contributed by atoms with E-state index in [0.717, 1.165) is 10.0 Å². The average molecular weight is 336 g/mol. The summed E-state index contributed by atoms with van der Waals surface area (Å²) in [5, 5.41) is 0. The van der Waals surface area contributed by atoms with Crippen LogP contribution in [0.1, 0.15) is 17.2 Å². The number of aromatic nitrogens is 2. The Labute approximate surface area is 121 Å². The van der Waals surface area contributed by atoms with Crippen LogP contribution in [-0.2, 0) is 0 Å². The monoisotopic (exact) mass is 335 g/mol. The van der Waals surface area contributed by atoms with Crippen molar-refractivity contribution in [1.82, 2.24) is 9.97 Å². The van der Waals surface area contributed by atoms with Gasteiger partial charge in [-0.2, -0.15) is 0 Å². The molecule has 20 heavy (non-hydrogen) atoms. The van der Waals surface area contributed by atoms with Crippen LogP contribution in [0.4, 0.5) is 4.39 Å². The third-order valence-electron chi connectivity index (χ3n) is 3.19. The van der Waals surface area contributed by atoms with Crippen molar-refractivity contribution in [2.24, 2.45) is 5.73 Å². The Morgan fingerprint density at radius 2 is 1.85 bits per heavy atom. The van der Waals surface area contributed by atoms with Crippen molar-refractivity contribution in [2.45, 2.75) is 6.04 Å². The lowest BCUT2D eigenvalue weighted by Crippen LogP contribution is -2.12. The zero-order chi connectivity index (χ0) is 14.3. The quantitative estimate of drug-likeness (QED) is 0.673. The van der Waals surface area contributed by atoms with E-state index in [1.807, 2.05) is 6.07 Å². The van der Waals surface area contributed by atoms with Gasteiger partial charge in [0.2, 0.25) is 0 Å². The first-order valence-corrected chi connectivity index (χ1v) is 6.76. The number of hydrogen-bond donors (Lipinski definition) is 3. The Morgan fingerprint density at radius 3 is 2.65 bits per heavy atom. The summed E-state index contributed by atoms with van der Waals surface area (Å²) in [6, 6.07) is 9.29. The Hall–Kier alpha value is -1.92. The van der Waals surface area contributed by atoms with Gasteiger partial charge in [0.1, 0.15) is 5.82 Å². The maximum atomic E-state index is 13.4. The van der Waals surface area contributed by atoms with E-state index in [0.29, 0.717) is 16.6 Å². The molecular weight excluding hydrogens is 325 g/mol. The fourth-order valence-electron chi connectivity index (χ4n) is 2.18. The number of benzene rings is 2. The van der Waals surface area contributed by atoms with Crippen LogP contribution in [0, 0.1) is 5.82 Å². The molecule has 0 amide bonds. The van der Waals surface area contributed by atoms with Gasteiger partial charge in [-0.1, -0.05) is 22.0 Å². The van der Waals surface area contributed by atoms with Crippen molar-refractivity contribution in [2.75, 3.05) is 0 Å². The van der Waals surface area contributed by atoms with Crippen LogP contribution < -0.4 is 11.4 Å². The van der Waals surface area contributed by atoms with Gasteiger partial charge in [0.15, 0.2) is 0 Å². The van der Waals surface area contributed by atoms with Gasteiger partial charge in [-0.15, -0.1) is 0 Å². The molecule has 0 radical (unpaired) electrons. The lowest BCUT2D eigenvalue weighted by molar-refractivity contribution is 0.623. The van der Waals surface area contributed by atoms with E-state index in [9.17, 15) is 9.18 Å². The molecule has 6 heteroatoms. The van der Waals surface area contributed by atoms with Crippen LogP contribution >= 0.6 is 15.9 Å². The molecule has 3 aromatic rings. The van der Waals surface area contributed by atoms with Gasteiger partial charge in [-0.25, -0.2) is 9.18 Å². The molecule has 2 aromatic carbocycles. The van der Waals surface area contributed by atoms with Crippen molar-refractivity contribution in [3.8, 4) is 0 Å². The molecule has 1 aromatic heterocycles. The van der Waals surface area contributed by atoms with E-state index >= 15 is 0 Å². The highest BCUT2D eigenvalue weighted by Crippen LogP contribution is 2.28. The number of rotatable bonds is 2. The number of imidazole rings is 1. The molecular formula is C14H11BrFN3O. The van der Waals surface area contributed by atoms with Crippen LogP contribution in [0.2, 0.25) is 0 Å². The Balaban J connectivity index is 2.09. The van der Waals surface area contributed by atoms with Gasteiger partial charge in [-0.3, -0.25) is 0 Å². The molecule has 3 rings (SSSR count). The zero-order valence-corrected chi connectivity index (χ0v) is 11.9. The van der Waals surface area contributed by atoms with Gasteiger partial charge < -0.3 is 15.7 Å². The van der Waals surface area contributed by atoms with Crippen LogP contribution in [0.15, 0.2) is 45.7 Å². The third-order valence-corrected chi connectivity index (χ3v) is 3.91. The predicted molar refractivity (Wildman–Crippen MR) is 79.0 cm³/mol. The SMILES string of the molecule is NC(c1ccc2[nH]c(=O)[nH]c2c1)c1cc(F)ccc1Br. The molecule has 0 saturated carbocycles. The summed E-state index contributed by atoms with van der Waals surface area (Å²) in [7, 11) is 0. The first-order chi connectivity index (χ1) is 9.54. The highest BCUT2D eigenvalue weighted by molar-refractivity contribution is 9.10. The largest absolute Gasteiger partial charge is 0.323 e. The summed E-state index contributed by atoms with van der Waals surface area (Å²) in [5.41, 5.74) is 8.75. The van der Waals surface area contributed by atoms with Crippen molar-refractivity contribution >= 4 is 27.0 Å². The summed E-state index contributed by atoms with van der Waals surface area (Å²) in [6.45, 7) is 0. The molecule has 1 unspecified atom stereocenters. The standard InChI is InChI=1S/C14H11BrFN3O/c15-10-3-2-8(16)6-9(10)13(17)7-1-4-11-12(5-7)19-14(20)18-11/h1-6,13H,17H2,(H2,18,19,20). The minimum Gasteiger partial charge on any atom is -0.320 e. The van der Waals surface area contributed by atoms with E-state index in [-0.39, 0.29) is 11.5 Å². The molecule has 0 saturated heterocycles. The maximum absolute atomic E-state index is 13.4. The summed E-state index contributed by atoms with van der Waals surface area (Å²) >= 11 is 3.37. The van der Waals surface area contributed by atoms with E-state index in [2.05, 4.69) is 25.9 Å². The molecule has 0 aliphatic carbocycles. The first kappa shape index (κ1) is 13.1. The molecule has 0 aliphatic heterocycles. The molecule has 0 spiro atoms. The van der Waals surface area contributed by atoms with Gasteiger partial charge in [0.05, 0.1) is 17.1 Å². The van der Waals surface area contributed by atoms with Crippen molar-refractivity contribution in [3.05, 3.63) is 68.3 Å². The minimum atomic E-state index is -0.483. The van der Waals surface area contributed by atoms with Gasteiger partial charge in [0.25, 0.3) is 0 Å². The van der Waals surface area contributed by atoms with Crippen LogP contribution in [0.25, 0.3) is 11.0 Å². The van der Waals surface area contributed by atoms with Gasteiger partial charge >= 0.3 is 5.69 Å². The lowest BCUT2D eigenvalue weighted by Gasteiger charge is -2.14. The van der Waals surface area contributed by atoms with Crippen molar-refractivity contribution < 1.29 is 4.39 Å². The topological polar surface area (TPSA) is 74.7 Å². The van der Waals surface area contributed by atoms with Crippen LogP contribution in [-0.4, -0.2) is 9.97 Å². The number of aromatic amines is 2. The molecule has 4 nitrogen and oxygen atoms in total. The summed E-state index contributed by atoms with van der Waals surface area (Å²) < 4.78 is 14.1. The Morgan fingerprint density at radius 1 is 1.10 bits per heavy atom. The predicted octanol–water partition coefficient (Wildman–Crippen LogP) is 2.81. The first-order valence-electron chi connectivity index (χ1n) is 5.97. The van der Waals surface area contributed by atoms with Crippen molar-refractivity contribution in [3.63, 3.8) is 0 Å². The van der Waals surface area contributed by atoms with Crippen molar-refractivity contribution in [1.29, 1.82) is 0 Å². The number of nitrogens with two attached hydrogens (primary N) is 1. The molecule has 1 atom stereocenters. The highest BCUT2D eigenvalue weighted by atomic mass is 79.9.